The van der Waals surface area contributed by atoms with Crippen LogP contribution < -0.4 is 0 Å². The predicted octanol–water partition coefficient (Wildman–Crippen LogP) is 1.19. The third kappa shape index (κ3) is 2.80. The van der Waals surface area contributed by atoms with E-state index in [1.165, 1.54) is 17.0 Å². The molecule has 7 heteroatoms. The second-order valence-corrected chi connectivity index (χ2v) is 3.50. The van der Waals surface area contributed by atoms with Crippen LogP contribution in [0.25, 0.3) is 0 Å². The molecule has 0 aliphatic heterocycles. The smallest absolute Gasteiger partial charge is 0.305 e. The zero-order chi connectivity index (χ0) is 13.7. The van der Waals surface area contributed by atoms with E-state index in [4.69, 9.17) is 5.11 Å². The number of nitro groups is 1. The van der Waals surface area contributed by atoms with Crippen LogP contribution in [0.4, 0.5) is 10.1 Å². The molecule has 0 aliphatic rings. The van der Waals surface area contributed by atoms with Crippen LogP contribution in [0.15, 0.2) is 18.2 Å². The molecule has 0 saturated heterocycles. The Balaban J connectivity index is 3.13. The van der Waals surface area contributed by atoms with Crippen LogP contribution in [0.3, 0.4) is 0 Å². The SMILES string of the molecule is CCN(CCO)C(=O)c1cccc([N+](=O)[O-])c1F. The number of carbonyl (C=O) groups excluding carboxylic acids is 1. The quantitative estimate of drug-likeness (QED) is 0.633. The van der Waals surface area contributed by atoms with Crippen molar-refractivity contribution in [2.24, 2.45) is 0 Å². The van der Waals surface area contributed by atoms with Gasteiger partial charge in [0.1, 0.15) is 0 Å². The fraction of sp³-hybridized carbons (Fsp3) is 0.364. The first-order valence-corrected chi connectivity index (χ1v) is 5.36. The number of likely N-dealkylation sites (N-methyl/N-ethyl adjacent to an activating group) is 1. The Bertz CT molecular complexity index is 464. The molecule has 0 saturated carbocycles. The average molecular weight is 256 g/mol. The van der Waals surface area contributed by atoms with Crippen LogP contribution in [0.1, 0.15) is 17.3 Å². The summed E-state index contributed by atoms with van der Waals surface area (Å²) in [5, 5.41) is 19.3. The van der Waals surface area contributed by atoms with Gasteiger partial charge in [-0.2, -0.15) is 4.39 Å². The Hall–Kier alpha value is -2.02. The minimum absolute atomic E-state index is 0.0530. The monoisotopic (exact) mass is 256 g/mol. The van der Waals surface area contributed by atoms with Crippen LogP contribution in [0.5, 0.6) is 0 Å². The van der Waals surface area contributed by atoms with Gasteiger partial charge in [0.2, 0.25) is 5.82 Å². The number of hydrogen-bond acceptors (Lipinski definition) is 4. The molecule has 1 rings (SSSR count). The third-order valence-corrected chi connectivity index (χ3v) is 2.44. The molecule has 0 aromatic heterocycles. The molecule has 98 valence electrons. The molecule has 0 aliphatic carbocycles. The lowest BCUT2D eigenvalue weighted by molar-refractivity contribution is -0.387. The van der Waals surface area contributed by atoms with Crippen LogP contribution in [0.2, 0.25) is 0 Å². The average Bonchev–Trinajstić information content (AvgIpc) is 2.35. The number of amides is 1. The van der Waals surface area contributed by atoms with Crippen molar-refractivity contribution >= 4 is 11.6 Å². The number of nitro benzene ring substituents is 1. The molecule has 0 heterocycles. The molecular formula is C11H13FN2O4. The van der Waals surface area contributed by atoms with Gasteiger partial charge in [-0.25, -0.2) is 0 Å². The van der Waals surface area contributed by atoms with Crippen molar-refractivity contribution in [3.8, 4) is 0 Å². The van der Waals surface area contributed by atoms with E-state index in [1.807, 2.05) is 0 Å². The van der Waals surface area contributed by atoms with Crippen LogP contribution in [-0.4, -0.2) is 40.5 Å². The largest absolute Gasteiger partial charge is 0.395 e. The Kier molecular flexibility index (Phi) is 4.73. The van der Waals surface area contributed by atoms with E-state index in [2.05, 4.69) is 0 Å². The molecule has 0 unspecified atom stereocenters. The van der Waals surface area contributed by atoms with E-state index in [1.54, 1.807) is 6.92 Å². The van der Waals surface area contributed by atoms with Gasteiger partial charge in [0, 0.05) is 19.2 Å². The zero-order valence-electron chi connectivity index (χ0n) is 9.80. The Morgan fingerprint density at radius 1 is 1.56 bits per heavy atom. The van der Waals surface area contributed by atoms with Crippen molar-refractivity contribution in [1.82, 2.24) is 4.90 Å². The summed E-state index contributed by atoms with van der Waals surface area (Å²) in [5.41, 5.74) is -1.10. The molecule has 1 N–H and O–H groups in total. The number of aliphatic hydroxyl groups is 1. The minimum atomic E-state index is -1.15. The molecule has 0 bridgehead atoms. The van der Waals surface area contributed by atoms with E-state index < -0.39 is 22.3 Å². The normalized spacial score (nSPS) is 10.2. The molecule has 6 nitrogen and oxygen atoms in total. The molecule has 0 fully saturated rings. The minimum Gasteiger partial charge on any atom is -0.395 e. The number of aliphatic hydroxyl groups excluding tert-OH is 1. The lowest BCUT2D eigenvalue weighted by Crippen LogP contribution is -2.34. The third-order valence-electron chi connectivity index (χ3n) is 2.44. The maximum Gasteiger partial charge on any atom is 0.305 e. The van der Waals surface area contributed by atoms with Crippen LogP contribution >= 0.6 is 0 Å². The number of carbonyl (C=O) groups is 1. The molecule has 18 heavy (non-hydrogen) atoms. The van der Waals surface area contributed by atoms with Gasteiger partial charge < -0.3 is 10.0 Å². The fourth-order valence-corrected chi connectivity index (χ4v) is 1.52. The van der Waals surface area contributed by atoms with Gasteiger partial charge in [-0.05, 0) is 13.0 Å². The van der Waals surface area contributed by atoms with E-state index in [0.717, 1.165) is 6.07 Å². The molecule has 1 aromatic rings. The molecule has 0 radical (unpaired) electrons. The fourth-order valence-electron chi connectivity index (χ4n) is 1.52. The van der Waals surface area contributed by atoms with E-state index in [0.29, 0.717) is 0 Å². The number of rotatable bonds is 5. The summed E-state index contributed by atoms with van der Waals surface area (Å²) in [6.07, 6.45) is 0. The van der Waals surface area contributed by atoms with Crippen molar-refractivity contribution < 1.29 is 19.2 Å². The van der Waals surface area contributed by atoms with Gasteiger partial charge in [0.25, 0.3) is 5.91 Å². The van der Waals surface area contributed by atoms with Gasteiger partial charge in [0.15, 0.2) is 0 Å². The summed E-state index contributed by atoms with van der Waals surface area (Å²) >= 11 is 0. The van der Waals surface area contributed by atoms with Crippen molar-refractivity contribution in [1.29, 1.82) is 0 Å². The molecule has 0 spiro atoms. The topological polar surface area (TPSA) is 83.7 Å². The summed E-state index contributed by atoms with van der Waals surface area (Å²) in [6, 6.07) is 3.43. The highest BCUT2D eigenvalue weighted by Gasteiger charge is 2.24. The predicted molar refractivity (Wildman–Crippen MR) is 61.7 cm³/mol. The van der Waals surface area contributed by atoms with Gasteiger partial charge in [0.05, 0.1) is 17.1 Å². The first kappa shape index (κ1) is 14.0. The van der Waals surface area contributed by atoms with Crippen LogP contribution in [0, 0.1) is 15.9 Å². The zero-order valence-corrected chi connectivity index (χ0v) is 9.80. The van der Waals surface area contributed by atoms with Gasteiger partial charge in [-0.15, -0.1) is 0 Å². The Morgan fingerprint density at radius 2 is 2.22 bits per heavy atom. The Labute approximate surface area is 103 Å². The molecular weight excluding hydrogens is 243 g/mol. The Morgan fingerprint density at radius 3 is 2.72 bits per heavy atom. The highest BCUT2D eigenvalue weighted by Crippen LogP contribution is 2.21. The standard InChI is InChI=1S/C11H13FN2O4/c1-2-13(6-7-15)11(16)8-4-3-5-9(10(8)12)14(17)18/h3-5,15H,2,6-7H2,1H3. The van der Waals surface area contributed by atoms with Crippen molar-refractivity contribution in [2.45, 2.75) is 6.92 Å². The molecule has 1 amide bonds. The van der Waals surface area contributed by atoms with E-state index >= 15 is 0 Å². The first-order chi connectivity index (χ1) is 8.52. The number of nitrogens with zero attached hydrogens (tertiary/aromatic N) is 2. The first-order valence-electron chi connectivity index (χ1n) is 5.36. The van der Waals surface area contributed by atoms with Gasteiger partial charge in [-0.3, -0.25) is 14.9 Å². The number of halogens is 1. The number of hydrogen-bond donors (Lipinski definition) is 1. The summed E-state index contributed by atoms with van der Waals surface area (Å²) in [7, 11) is 0. The van der Waals surface area contributed by atoms with E-state index in [9.17, 15) is 19.3 Å². The summed E-state index contributed by atoms with van der Waals surface area (Å²) in [5.74, 6) is -1.82. The molecule has 1 aromatic carbocycles. The lowest BCUT2D eigenvalue weighted by atomic mass is 10.1. The summed E-state index contributed by atoms with van der Waals surface area (Å²) in [6.45, 7) is 1.75. The van der Waals surface area contributed by atoms with Crippen molar-refractivity contribution in [3.63, 3.8) is 0 Å². The van der Waals surface area contributed by atoms with Crippen molar-refractivity contribution in [3.05, 3.63) is 39.7 Å². The van der Waals surface area contributed by atoms with Gasteiger partial charge in [-0.1, -0.05) is 6.07 Å². The van der Waals surface area contributed by atoms with Crippen LogP contribution in [-0.2, 0) is 0 Å². The summed E-state index contributed by atoms with van der Waals surface area (Å²) < 4.78 is 13.8. The molecule has 0 atom stereocenters. The second kappa shape index (κ2) is 6.06. The maximum absolute atomic E-state index is 13.8. The second-order valence-electron chi connectivity index (χ2n) is 3.50. The van der Waals surface area contributed by atoms with E-state index in [-0.39, 0.29) is 25.3 Å². The lowest BCUT2D eigenvalue weighted by Gasteiger charge is -2.19. The highest BCUT2D eigenvalue weighted by molar-refractivity contribution is 5.95. The van der Waals surface area contributed by atoms with Crippen molar-refractivity contribution in [2.75, 3.05) is 19.7 Å². The summed E-state index contributed by atoms with van der Waals surface area (Å²) in [4.78, 5) is 22.8. The van der Waals surface area contributed by atoms with Gasteiger partial charge >= 0.3 is 5.69 Å². The maximum atomic E-state index is 13.8. The number of benzene rings is 1. The highest BCUT2D eigenvalue weighted by atomic mass is 19.1.